The van der Waals surface area contributed by atoms with Gasteiger partial charge < -0.3 is 4.90 Å². The van der Waals surface area contributed by atoms with Gasteiger partial charge in [0.2, 0.25) is 5.91 Å². The monoisotopic (exact) mass is 313 g/mol. The van der Waals surface area contributed by atoms with Crippen LogP contribution in [0.1, 0.15) is 42.3 Å². The Morgan fingerprint density at radius 2 is 2.00 bits per heavy atom. The Kier molecular flexibility index (Phi) is 4.69. The van der Waals surface area contributed by atoms with E-state index in [2.05, 4.69) is 15.1 Å². The van der Waals surface area contributed by atoms with Gasteiger partial charge in [0, 0.05) is 50.6 Å². The highest BCUT2D eigenvalue weighted by Crippen LogP contribution is 2.26. The summed E-state index contributed by atoms with van der Waals surface area (Å²) in [5.74, 6) is 0.632. The first kappa shape index (κ1) is 15.6. The summed E-state index contributed by atoms with van der Waals surface area (Å²) in [6.45, 7) is 6.17. The molecule has 0 bridgehead atoms. The van der Waals surface area contributed by atoms with Crippen LogP contribution in [0.25, 0.3) is 0 Å². The normalized spacial score (nSPS) is 15.8. The van der Waals surface area contributed by atoms with Gasteiger partial charge in [0.05, 0.1) is 17.1 Å². The van der Waals surface area contributed by atoms with Crippen molar-refractivity contribution >= 4 is 5.91 Å². The summed E-state index contributed by atoms with van der Waals surface area (Å²) in [7, 11) is 0. The molecule has 2 aromatic rings. The molecular weight excluding hydrogens is 290 g/mol. The van der Waals surface area contributed by atoms with Gasteiger partial charge in [-0.2, -0.15) is 5.10 Å². The molecule has 3 rings (SSSR count). The first-order valence-electron chi connectivity index (χ1n) is 8.18. The SMILES string of the molecule is Cc1cncc(C2CCN(C(=O)CCn3ccc(C)n3)CC2)n1. The summed E-state index contributed by atoms with van der Waals surface area (Å²) < 4.78 is 1.84. The molecule has 0 saturated carbocycles. The highest BCUT2D eigenvalue weighted by molar-refractivity contribution is 5.76. The number of hydrogen-bond acceptors (Lipinski definition) is 4. The lowest BCUT2D eigenvalue weighted by atomic mass is 9.93. The van der Waals surface area contributed by atoms with Crippen LogP contribution in [-0.2, 0) is 11.3 Å². The van der Waals surface area contributed by atoms with Crippen molar-refractivity contribution in [3.63, 3.8) is 0 Å². The highest BCUT2D eigenvalue weighted by atomic mass is 16.2. The summed E-state index contributed by atoms with van der Waals surface area (Å²) >= 11 is 0. The average molecular weight is 313 g/mol. The van der Waals surface area contributed by atoms with Crippen molar-refractivity contribution in [2.24, 2.45) is 0 Å². The largest absolute Gasteiger partial charge is 0.343 e. The molecule has 0 unspecified atom stereocenters. The van der Waals surface area contributed by atoms with Crippen LogP contribution in [0.4, 0.5) is 0 Å². The van der Waals surface area contributed by atoms with E-state index in [0.29, 0.717) is 18.9 Å². The van der Waals surface area contributed by atoms with Gasteiger partial charge in [-0.15, -0.1) is 0 Å². The molecule has 0 radical (unpaired) electrons. The Morgan fingerprint density at radius 3 is 2.65 bits per heavy atom. The minimum atomic E-state index is 0.215. The molecule has 0 aliphatic carbocycles. The Bertz CT molecular complexity index is 673. The molecule has 1 amide bonds. The van der Waals surface area contributed by atoms with Crippen LogP contribution >= 0.6 is 0 Å². The van der Waals surface area contributed by atoms with E-state index in [4.69, 9.17) is 0 Å². The average Bonchev–Trinajstić information content (AvgIpc) is 2.98. The van der Waals surface area contributed by atoms with Crippen molar-refractivity contribution in [3.05, 3.63) is 41.7 Å². The molecular formula is C17H23N5O. The maximum Gasteiger partial charge on any atom is 0.224 e. The fourth-order valence-electron chi connectivity index (χ4n) is 3.06. The molecule has 6 nitrogen and oxygen atoms in total. The van der Waals surface area contributed by atoms with Crippen LogP contribution in [-0.4, -0.2) is 43.6 Å². The standard InChI is InChI=1S/C17H23N5O/c1-13-3-9-22(20-13)10-6-17(23)21-7-4-15(5-8-21)16-12-18-11-14(2)19-16/h3,9,11-12,15H,4-8,10H2,1-2H3. The first-order valence-corrected chi connectivity index (χ1v) is 8.18. The quantitative estimate of drug-likeness (QED) is 0.867. The van der Waals surface area contributed by atoms with Gasteiger partial charge >= 0.3 is 0 Å². The van der Waals surface area contributed by atoms with Crippen molar-refractivity contribution in [2.75, 3.05) is 13.1 Å². The molecule has 1 fully saturated rings. The van der Waals surface area contributed by atoms with Gasteiger partial charge in [-0.1, -0.05) is 0 Å². The Hall–Kier alpha value is -2.24. The van der Waals surface area contributed by atoms with Crippen LogP contribution in [0.2, 0.25) is 0 Å². The maximum absolute atomic E-state index is 12.3. The topological polar surface area (TPSA) is 63.9 Å². The predicted molar refractivity (Wildman–Crippen MR) is 86.9 cm³/mol. The molecule has 6 heteroatoms. The molecule has 1 aliphatic rings. The lowest BCUT2D eigenvalue weighted by Gasteiger charge is -2.31. The van der Waals surface area contributed by atoms with Crippen molar-refractivity contribution in [2.45, 2.75) is 45.6 Å². The summed E-state index contributed by atoms with van der Waals surface area (Å²) in [6, 6.07) is 1.96. The number of amides is 1. The molecule has 1 aliphatic heterocycles. The van der Waals surface area contributed by atoms with Crippen LogP contribution in [0.5, 0.6) is 0 Å². The zero-order valence-electron chi connectivity index (χ0n) is 13.8. The van der Waals surface area contributed by atoms with E-state index in [1.54, 1.807) is 6.20 Å². The highest BCUT2D eigenvalue weighted by Gasteiger charge is 2.24. The number of likely N-dealkylation sites (tertiary alicyclic amines) is 1. The second-order valence-electron chi connectivity index (χ2n) is 6.21. The Balaban J connectivity index is 1.49. The van der Waals surface area contributed by atoms with Crippen molar-refractivity contribution in [1.29, 1.82) is 0 Å². The van der Waals surface area contributed by atoms with Crippen molar-refractivity contribution in [1.82, 2.24) is 24.6 Å². The number of carbonyl (C=O) groups is 1. The van der Waals surface area contributed by atoms with Gasteiger partial charge in [0.25, 0.3) is 0 Å². The smallest absolute Gasteiger partial charge is 0.224 e. The molecule has 0 aromatic carbocycles. The number of aromatic nitrogens is 4. The van der Waals surface area contributed by atoms with E-state index in [1.807, 2.05) is 41.9 Å². The Morgan fingerprint density at radius 1 is 1.22 bits per heavy atom. The molecule has 23 heavy (non-hydrogen) atoms. The van der Waals surface area contributed by atoms with E-state index in [-0.39, 0.29) is 5.91 Å². The number of piperidine rings is 1. The molecule has 0 spiro atoms. The fraction of sp³-hybridized carbons (Fsp3) is 0.529. The lowest BCUT2D eigenvalue weighted by Crippen LogP contribution is -2.38. The third-order valence-corrected chi connectivity index (χ3v) is 4.37. The van der Waals surface area contributed by atoms with Crippen LogP contribution < -0.4 is 0 Å². The van der Waals surface area contributed by atoms with Crippen LogP contribution in [0.15, 0.2) is 24.7 Å². The third-order valence-electron chi connectivity index (χ3n) is 4.37. The lowest BCUT2D eigenvalue weighted by molar-refractivity contribution is -0.132. The van der Waals surface area contributed by atoms with E-state index in [0.717, 1.165) is 43.0 Å². The maximum atomic E-state index is 12.3. The van der Waals surface area contributed by atoms with E-state index in [9.17, 15) is 4.79 Å². The minimum absolute atomic E-state index is 0.215. The van der Waals surface area contributed by atoms with Gasteiger partial charge in [0.15, 0.2) is 0 Å². The molecule has 2 aromatic heterocycles. The molecule has 0 atom stereocenters. The van der Waals surface area contributed by atoms with Gasteiger partial charge in [0.1, 0.15) is 0 Å². The van der Waals surface area contributed by atoms with E-state index in [1.165, 1.54) is 0 Å². The van der Waals surface area contributed by atoms with Gasteiger partial charge in [-0.25, -0.2) is 0 Å². The number of hydrogen-bond donors (Lipinski definition) is 0. The van der Waals surface area contributed by atoms with Gasteiger partial charge in [-0.05, 0) is 32.8 Å². The third kappa shape index (κ3) is 3.94. The Labute approximate surface area is 136 Å². The van der Waals surface area contributed by atoms with Crippen molar-refractivity contribution in [3.8, 4) is 0 Å². The number of aryl methyl sites for hydroxylation is 3. The minimum Gasteiger partial charge on any atom is -0.343 e. The summed E-state index contributed by atoms with van der Waals surface area (Å²) in [5.41, 5.74) is 3.00. The number of carbonyl (C=O) groups excluding carboxylic acids is 1. The second kappa shape index (κ2) is 6.89. The van der Waals surface area contributed by atoms with Crippen LogP contribution in [0, 0.1) is 13.8 Å². The number of nitrogens with zero attached hydrogens (tertiary/aromatic N) is 5. The summed E-state index contributed by atoms with van der Waals surface area (Å²) in [5, 5.41) is 4.32. The van der Waals surface area contributed by atoms with Crippen LogP contribution in [0.3, 0.4) is 0 Å². The van der Waals surface area contributed by atoms with Gasteiger partial charge in [-0.3, -0.25) is 19.4 Å². The van der Waals surface area contributed by atoms with E-state index < -0.39 is 0 Å². The second-order valence-corrected chi connectivity index (χ2v) is 6.21. The zero-order valence-corrected chi connectivity index (χ0v) is 13.8. The molecule has 0 N–H and O–H groups in total. The zero-order chi connectivity index (χ0) is 16.2. The molecule has 122 valence electrons. The van der Waals surface area contributed by atoms with Crippen molar-refractivity contribution < 1.29 is 4.79 Å². The summed E-state index contributed by atoms with van der Waals surface area (Å²) in [4.78, 5) is 23.1. The van der Waals surface area contributed by atoms with E-state index >= 15 is 0 Å². The molecule has 1 saturated heterocycles. The predicted octanol–water partition coefficient (Wildman–Crippen LogP) is 2.09. The molecule has 3 heterocycles. The summed E-state index contributed by atoms with van der Waals surface area (Å²) in [6.07, 6.45) is 7.99. The first-order chi connectivity index (χ1) is 11.1. The number of rotatable bonds is 4. The fourth-order valence-corrected chi connectivity index (χ4v) is 3.06.